The highest BCUT2D eigenvalue weighted by atomic mass is 16.4. The van der Waals surface area contributed by atoms with Crippen molar-refractivity contribution in [2.75, 3.05) is 19.7 Å². The number of hydrogen-bond donors (Lipinski definition) is 4. The van der Waals surface area contributed by atoms with E-state index in [1.54, 1.807) is 0 Å². The molecule has 0 aromatic heterocycles. The third kappa shape index (κ3) is 11.3. The van der Waals surface area contributed by atoms with Crippen molar-refractivity contribution in [1.29, 1.82) is 0 Å². The molecule has 0 saturated carbocycles. The van der Waals surface area contributed by atoms with Gasteiger partial charge in [0.05, 0.1) is 12.5 Å². The predicted octanol–water partition coefficient (Wildman–Crippen LogP) is -0.0357. The summed E-state index contributed by atoms with van der Waals surface area (Å²) in [6, 6.07) is 0. The monoisotopic (exact) mass is 219 g/mol. The van der Waals surface area contributed by atoms with Gasteiger partial charge in [0.15, 0.2) is 0 Å². The predicted molar refractivity (Wildman–Crippen MR) is 56.7 cm³/mol. The summed E-state index contributed by atoms with van der Waals surface area (Å²) in [6.45, 7) is 1.35. The number of rotatable bonds is 10. The van der Waals surface area contributed by atoms with E-state index in [0.29, 0.717) is 6.54 Å². The Morgan fingerprint density at radius 1 is 1.20 bits per heavy atom. The molecule has 0 saturated heterocycles. The van der Waals surface area contributed by atoms with Crippen LogP contribution in [-0.2, 0) is 4.79 Å². The summed E-state index contributed by atoms with van der Waals surface area (Å²) >= 11 is 0. The second-order valence-corrected chi connectivity index (χ2v) is 3.59. The maximum absolute atomic E-state index is 10.2. The molecular formula is C10H21NO4. The third-order valence-corrected chi connectivity index (χ3v) is 2.05. The fraction of sp³-hybridized carbons (Fsp3) is 0.900. The molecular weight excluding hydrogens is 198 g/mol. The maximum atomic E-state index is 10.2. The van der Waals surface area contributed by atoms with Gasteiger partial charge in [-0.1, -0.05) is 12.8 Å². The van der Waals surface area contributed by atoms with Crippen LogP contribution in [0.2, 0.25) is 0 Å². The van der Waals surface area contributed by atoms with E-state index < -0.39 is 12.1 Å². The topological polar surface area (TPSA) is 89.8 Å². The summed E-state index contributed by atoms with van der Waals surface area (Å²) in [6.07, 6.45) is 2.86. The van der Waals surface area contributed by atoms with E-state index in [-0.39, 0.29) is 13.0 Å². The lowest BCUT2D eigenvalue weighted by molar-refractivity contribution is -0.139. The van der Waals surface area contributed by atoms with Crippen molar-refractivity contribution in [3.63, 3.8) is 0 Å². The van der Waals surface area contributed by atoms with E-state index in [2.05, 4.69) is 5.32 Å². The average molecular weight is 219 g/mol. The van der Waals surface area contributed by atoms with Crippen molar-refractivity contribution in [3.8, 4) is 0 Å². The molecule has 0 aliphatic carbocycles. The van der Waals surface area contributed by atoms with Crippen LogP contribution in [0.1, 0.15) is 32.1 Å². The third-order valence-electron chi connectivity index (χ3n) is 2.05. The quantitative estimate of drug-likeness (QED) is 0.387. The fourth-order valence-corrected chi connectivity index (χ4v) is 1.26. The van der Waals surface area contributed by atoms with Crippen LogP contribution in [0.3, 0.4) is 0 Å². The first-order valence-corrected chi connectivity index (χ1v) is 5.38. The number of hydrogen-bond acceptors (Lipinski definition) is 4. The van der Waals surface area contributed by atoms with Crippen molar-refractivity contribution >= 4 is 5.97 Å². The molecule has 0 aliphatic heterocycles. The van der Waals surface area contributed by atoms with Crippen LogP contribution < -0.4 is 5.32 Å². The second kappa shape index (κ2) is 9.89. The van der Waals surface area contributed by atoms with Crippen LogP contribution in [0.4, 0.5) is 0 Å². The lowest BCUT2D eigenvalue weighted by Gasteiger charge is -2.09. The number of aliphatic hydroxyl groups excluding tert-OH is 2. The van der Waals surface area contributed by atoms with Gasteiger partial charge in [0, 0.05) is 13.2 Å². The van der Waals surface area contributed by atoms with Gasteiger partial charge in [-0.05, 0) is 19.4 Å². The van der Waals surface area contributed by atoms with Crippen LogP contribution in [0.15, 0.2) is 0 Å². The summed E-state index contributed by atoms with van der Waals surface area (Å²) in [4.78, 5) is 10.2. The van der Waals surface area contributed by atoms with E-state index in [9.17, 15) is 9.90 Å². The fourth-order valence-electron chi connectivity index (χ4n) is 1.26. The number of aliphatic hydroxyl groups is 2. The Balaban J connectivity index is 3.13. The Hall–Kier alpha value is -0.650. The Morgan fingerprint density at radius 3 is 2.47 bits per heavy atom. The molecule has 0 amide bonds. The maximum Gasteiger partial charge on any atom is 0.306 e. The average Bonchev–Trinajstić information content (AvgIpc) is 2.15. The van der Waals surface area contributed by atoms with Gasteiger partial charge in [0.25, 0.3) is 0 Å². The number of carboxylic acids is 1. The molecule has 0 rings (SSSR count). The van der Waals surface area contributed by atoms with Crippen molar-refractivity contribution in [2.24, 2.45) is 0 Å². The second-order valence-electron chi connectivity index (χ2n) is 3.59. The molecule has 90 valence electrons. The van der Waals surface area contributed by atoms with Crippen molar-refractivity contribution in [1.82, 2.24) is 5.32 Å². The van der Waals surface area contributed by atoms with E-state index in [0.717, 1.165) is 32.2 Å². The van der Waals surface area contributed by atoms with Gasteiger partial charge in [0.1, 0.15) is 0 Å². The Labute approximate surface area is 90.1 Å². The Bertz CT molecular complexity index is 164. The summed E-state index contributed by atoms with van der Waals surface area (Å²) in [5.41, 5.74) is 0. The molecule has 0 spiro atoms. The Kier molecular flexibility index (Phi) is 9.46. The minimum absolute atomic E-state index is 0.211. The number of unbranched alkanes of at least 4 members (excludes halogenated alkanes) is 3. The molecule has 5 heteroatoms. The van der Waals surface area contributed by atoms with Crippen LogP contribution in [0, 0.1) is 0 Å². The molecule has 1 atom stereocenters. The van der Waals surface area contributed by atoms with Gasteiger partial charge in [0.2, 0.25) is 0 Å². The van der Waals surface area contributed by atoms with Crippen LogP contribution in [0.5, 0.6) is 0 Å². The molecule has 0 bridgehead atoms. The molecule has 0 aliphatic rings. The zero-order valence-corrected chi connectivity index (χ0v) is 8.98. The van der Waals surface area contributed by atoms with Gasteiger partial charge >= 0.3 is 5.97 Å². The first-order valence-electron chi connectivity index (χ1n) is 5.38. The first-order chi connectivity index (χ1) is 7.16. The Morgan fingerprint density at radius 2 is 1.87 bits per heavy atom. The largest absolute Gasteiger partial charge is 0.481 e. The molecule has 0 heterocycles. The van der Waals surface area contributed by atoms with Gasteiger partial charge in [-0.2, -0.15) is 0 Å². The van der Waals surface area contributed by atoms with E-state index in [1.165, 1.54) is 0 Å². The van der Waals surface area contributed by atoms with E-state index >= 15 is 0 Å². The van der Waals surface area contributed by atoms with Crippen molar-refractivity contribution < 1.29 is 20.1 Å². The van der Waals surface area contributed by atoms with Gasteiger partial charge in [-0.3, -0.25) is 4.79 Å². The first kappa shape index (κ1) is 14.3. The minimum Gasteiger partial charge on any atom is -0.481 e. The normalized spacial score (nSPS) is 12.7. The number of nitrogens with one attached hydrogen (secondary N) is 1. The lowest BCUT2D eigenvalue weighted by atomic mass is 10.2. The SMILES string of the molecule is O=C(O)CC(O)CNCCCCCCO. The zero-order valence-electron chi connectivity index (χ0n) is 8.98. The van der Waals surface area contributed by atoms with Crippen LogP contribution >= 0.6 is 0 Å². The molecule has 0 fully saturated rings. The number of aliphatic carboxylic acids is 1. The zero-order chi connectivity index (χ0) is 11.5. The molecule has 15 heavy (non-hydrogen) atoms. The van der Waals surface area contributed by atoms with Crippen molar-refractivity contribution in [3.05, 3.63) is 0 Å². The van der Waals surface area contributed by atoms with Gasteiger partial charge < -0.3 is 20.6 Å². The summed E-state index contributed by atoms with van der Waals surface area (Å²) in [5.74, 6) is -0.979. The number of carbonyl (C=O) groups is 1. The van der Waals surface area contributed by atoms with Gasteiger partial charge in [-0.25, -0.2) is 0 Å². The smallest absolute Gasteiger partial charge is 0.306 e. The molecule has 0 aromatic carbocycles. The summed E-state index contributed by atoms with van der Waals surface area (Å²) in [5, 5.41) is 29.1. The standard InChI is InChI=1S/C10H21NO4/c12-6-4-2-1-3-5-11-8-9(13)7-10(14)15/h9,11-13H,1-8H2,(H,14,15). The minimum atomic E-state index is -0.979. The van der Waals surface area contributed by atoms with E-state index in [4.69, 9.17) is 10.2 Å². The highest BCUT2D eigenvalue weighted by Crippen LogP contribution is 1.97. The van der Waals surface area contributed by atoms with Crippen LogP contribution in [0.25, 0.3) is 0 Å². The highest BCUT2D eigenvalue weighted by molar-refractivity contribution is 5.67. The number of carboxylic acid groups (broad SMARTS) is 1. The van der Waals surface area contributed by atoms with E-state index in [1.807, 2.05) is 0 Å². The molecule has 0 aromatic rings. The summed E-state index contributed by atoms with van der Waals surface area (Å²) < 4.78 is 0. The van der Waals surface area contributed by atoms with Crippen LogP contribution in [-0.4, -0.2) is 47.1 Å². The molecule has 5 nitrogen and oxygen atoms in total. The van der Waals surface area contributed by atoms with Gasteiger partial charge in [-0.15, -0.1) is 0 Å². The summed E-state index contributed by atoms with van der Waals surface area (Å²) in [7, 11) is 0. The molecule has 4 N–H and O–H groups in total. The highest BCUT2D eigenvalue weighted by Gasteiger charge is 2.07. The van der Waals surface area contributed by atoms with Crippen molar-refractivity contribution in [2.45, 2.75) is 38.2 Å². The lowest BCUT2D eigenvalue weighted by Crippen LogP contribution is -2.29. The molecule has 1 unspecified atom stereocenters. The molecule has 0 radical (unpaired) electrons.